The van der Waals surface area contributed by atoms with Gasteiger partial charge < -0.3 is 4.74 Å². The summed E-state index contributed by atoms with van der Waals surface area (Å²) in [6.07, 6.45) is 2.76. The quantitative estimate of drug-likeness (QED) is 0.427. The van der Waals surface area contributed by atoms with Gasteiger partial charge in [0.15, 0.2) is 0 Å². The summed E-state index contributed by atoms with van der Waals surface area (Å²) in [7, 11) is 0. The number of benzene rings is 1. The van der Waals surface area contributed by atoms with Crippen molar-refractivity contribution < 1.29 is 4.74 Å². The second kappa shape index (κ2) is 8.48. The molecule has 0 aliphatic heterocycles. The summed E-state index contributed by atoms with van der Waals surface area (Å²) in [5.74, 6) is 5.54. The Morgan fingerprint density at radius 1 is 1.35 bits per heavy atom. The molecule has 96 valence electrons. The predicted molar refractivity (Wildman–Crippen MR) is 72.0 cm³/mol. The van der Waals surface area contributed by atoms with E-state index in [1.165, 1.54) is 0 Å². The fourth-order valence-corrected chi connectivity index (χ4v) is 1.86. The second-order valence-corrected chi connectivity index (χ2v) is 4.47. The lowest BCUT2D eigenvalue weighted by atomic mass is 10.0. The fraction of sp³-hybridized carbons (Fsp3) is 0.538. The Labute approximate surface area is 108 Å². The van der Waals surface area contributed by atoms with Gasteiger partial charge in [0.1, 0.15) is 0 Å². The molecule has 3 nitrogen and oxygen atoms in total. The van der Waals surface area contributed by atoms with Crippen LogP contribution >= 0.6 is 11.6 Å². The number of ether oxygens (including phenoxy) is 1. The number of hydrogen-bond donors (Lipinski definition) is 2. The Kier molecular flexibility index (Phi) is 7.21. The minimum atomic E-state index is 0.201. The molecule has 1 rings (SSSR count). The van der Waals surface area contributed by atoms with Crippen molar-refractivity contribution in [2.24, 2.45) is 5.84 Å². The van der Waals surface area contributed by atoms with Crippen LogP contribution in [-0.4, -0.2) is 19.3 Å². The van der Waals surface area contributed by atoms with Gasteiger partial charge in [0.25, 0.3) is 0 Å². The molecule has 0 saturated carbocycles. The van der Waals surface area contributed by atoms with Crippen LogP contribution in [0.1, 0.15) is 25.3 Å². The van der Waals surface area contributed by atoms with Crippen LogP contribution in [0.3, 0.4) is 0 Å². The van der Waals surface area contributed by atoms with Gasteiger partial charge in [0.05, 0.1) is 0 Å². The van der Waals surface area contributed by atoms with E-state index >= 15 is 0 Å². The van der Waals surface area contributed by atoms with Crippen LogP contribution in [0.15, 0.2) is 24.3 Å². The van der Waals surface area contributed by atoms with Crippen LogP contribution in [0.2, 0.25) is 5.02 Å². The van der Waals surface area contributed by atoms with Crippen molar-refractivity contribution >= 4 is 11.6 Å². The average molecular weight is 257 g/mol. The topological polar surface area (TPSA) is 47.3 Å². The molecule has 0 aliphatic carbocycles. The van der Waals surface area contributed by atoms with E-state index in [9.17, 15) is 0 Å². The number of rotatable bonds is 8. The number of nitrogens with one attached hydrogen (secondary N) is 1. The molecule has 3 N–H and O–H groups in total. The van der Waals surface area contributed by atoms with Gasteiger partial charge in [-0.1, -0.05) is 36.7 Å². The summed E-state index contributed by atoms with van der Waals surface area (Å²) in [5.41, 5.74) is 3.93. The zero-order valence-corrected chi connectivity index (χ0v) is 11.0. The van der Waals surface area contributed by atoms with Crippen LogP contribution < -0.4 is 11.3 Å². The third-order valence-electron chi connectivity index (χ3n) is 2.62. The fourth-order valence-electron chi connectivity index (χ4n) is 1.65. The Hall–Kier alpha value is -0.610. The summed E-state index contributed by atoms with van der Waals surface area (Å²) in [6, 6.07) is 8.05. The standard InChI is InChI=1S/C13H21ClN2O/c1-2-8-17-9-7-12(16-15)10-11-5-3-4-6-13(11)14/h3-6,12,16H,2,7-10,15H2,1H3. The number of hydrazine groups is 1. The molecule has 0 saturated heterocycles. The molecule has 1 aromatic carbocycles. The lowest BCUT2D eigenvalue weighted by Gasteiger charge is -2.16. The van der Waals surface area contributed by atoms with E-state index in [4.69, 9.17) is 22.2 Å². The zero-order valence-electron chi connectivity index (χ0n) is 10.3. The molecule has 0 aromatic heterocycles. The molecule has 0 aliphatic rings. The Morgan fingerprint density at radius 2 is 2.12 bits per heavy atom. The third-order valence-corrected chi connectivity index (χ3v) is 2.99. The normalized spacial score (nSPS) is 12.6. The van der Waals surface area contributed by atoms with Crippen LogP contribution in [0, 0.1) is 0 Å². The lowest BCUT2D eigenvalue weighted by Crippen LogP contribution is -2.37. The minimum absolute atomic E-state index is 0.201. The Bertz CT molecular complexity index is 320. The molecule has 0 amide bonds. The molecule has 17 heavy (non-hydrogen) atoms. The van der Waals surface area contributed by atoms with Gasteiger partial charge in [-0.05, 0) is 30.9 Å². The van der Waals surface area contributed by atoms with Crippen molar-refractivity contribution in [1.29, 1.82) is 0 Å². The highest BCUT2D eigenvalue weighted by atomic mass is 35.5. The van der Waals surface area contributed by atoms with Crippen LogP contribution in [0.5, 0.6) is 0 Å². The first-order valence-corrected chi connectivity index (χ1v) is 6.43. The maximum atomic E-state index is 6.11. The van der Waals surface area contributed by atoms with E-state index in [2.05, 4.69) is 12.3 Å². The SMILES string of the molecule is CCCOCCC(Cc1ccccc1Cl)NN. The molecule has 0 radical (unpaired) electrons. The van der Waals surface area contributed by atoms with Crippen molar-refractivity contribution in [3.05, 3.63) is 34.9 Å². The molecule has 0 heterocycles. The number of nitrogens with two attached hydrogens (primary N) is 1. The lowest BCUT2D eigenvalue weighted by molar-refractivity contribution is 0.124. The van der Waals surface area contributed by atoms with Crippen molar-refractivity contribution in [3.8, 4) is 0 Å². The van der Waals surface area contributed by atoms with Crippen molar-refractivity contribution in [3.63, 3.8) is 0 Å². The predicted octanol–water partition coefficient (Wildman–Crippen LogP) is 2.53. The highest BCUT2D eigenvalue weighted by molar-refractivity contribution is 6.31. The van der Waals surface area contributed by atoms with E-state index in [0.717, 1.165) is 43.1 Å². The van der Waals surface area contributed by atoms with Crippen molar-refractivity contribution in [2.45, 2.75) is 32.2 Å². The summed E-state index contributed by atoms with van der Waals surface area (Å²) in [5, 5.41) is 0.794. The van der Waals surface area contributed by atoms with E-state index in [0.29, 0.717) is 0 Å². The molecule has 0 bridgehead atoms. The summed E-state index contributed by atoms with van der Waals surface area (Å²) < 4.78 is 5.45. The molecule has 0 spiro atoms. The van der Waals surface area contributed by atoms with E-state index in [1.807, 2.05) is 24.3 Å². The van der Waals surface area contributed by atoms with Gasteiger partial charge in [-0.3, -0.25) is 11.3 Å². The first-order valence-electron chi connectivity index (χ1n) is 6.05. The largest absolute Gasteiger partial charge is 0.381 e. The van der Waals surface area contributed by atoms with Gasteiger partial charge in [-0.2, -0.15) is 0 Å². The van der Waals surface area contributed by atoms with Crippen LogP contribution in [-0.2, 0) is 11.2 Å². The first kappa shape index (κ1) is 14.5. The smallest absolute Gasteiger partial charge is 0.0481 e. The van der Waals surface area contributed by atoms with Gasteiger partial charge >= 0.3 is 0 Å². The number of hydrogen-bond acceptors (Lipinski definition) is 3. The number of halogens is 1. The molecule has 1 atom stereocenters. The van der Waals surface area contributed by atoms with Crippen LogP contribution in [0.25, 0.3) is 0 Å². The second-order valence-electron chi connectivity index (χ2n) is 4.06. The van der Waals surface area contributed by atoms with Crippen molar-refractivity contribution in [2.75, 3.05) is 13.2 Å². The van der Waals surface area contributed by atoms with E-state index < -0.39 is 0 Å². The summed E-state index contributed by atoms with van der Waals surface area (Å²) >= 11 is 6.11. The maximum absolute atomic E-state index is 6.11. The minimum Gasteiger partial charge on any atom is -0.381 e. The highest BCUT2D eigenvalue weighted by Crippen LogP contribution is 2.17. The molecule has 1 unspecified atom stereocenters. The van der Waals surface area contributed by atoms with E-state index in [1.54, 1.807) is 0 Å². The Morgan fingerprint density at radius 3 is 2.76 bits per heavy atom. The highest BCUT2D eigenvalue weighted by Gasteiger charge is 2.09. The molecular weight excluding hydrogens is 236 g/mol. The Balaban J connectivity index is 2.38. The van der Waals surface area contributed by atoms with Gasteiger partial charge in [-0.25, -0.2) is 0 Å². The first-order chi connectivity index (χ1) is 8.27. The summed E-state index contributed by atoms with van der Waals surface area (Å²) in [6.45, 7) is 3.64. The van der Waals surface area contributed by atoms with E-state index in [-0.39, 0.29) is 6.04 Å². The maximum Gasteiger partial charge on any atom is 0.0481 e. The molecular formula is C13H21ClN2O. The molecule has 4 heteroatoms. The zero-order chi connectivity index (χ0) is 12.5. The summed E-state index contributed by atoms with van der Waals surface area (Å²) in [4.78, 5) is 0. The van der Waals surface area contributed by atoms with Gasteiger partial charge in [0, 0.05) is 24.3 Å². The molecule has 1 aromatic rings. The van der Waals surface area contributed by atoms with Crippen LogP contribution in [0.4, 0.5) is 0 Å². The van der Waals surface area contributed by atoms with Crippen molar-refractivity contribution in [1.82, 2.24) is 5.43 Å². The average Bonchev–Trinajstić information content (AvgIpc) is 2.35. The third kappa shape index (κ3) is 5.50. The monoisotopic (exact) mass is 256 g/mol. The molecule has 0 fully saturated rings. The van der Waals surface area contributed by atoms with Gasteiger partial charge in [0.2, 0.25) is 0 Å². The van der Waals surface area contributed by atoms with Gasteiger partial charge in [-0.15, -0.1) is 0 Å².